The van der Waals surface area contributed by atoms with E-state index in [1.54, 1.807) is 6.07 Å². The first-order valence-corrected chi connectivity index (χ1v) is 6.89. The third-order valence-electron chi connectivity index (χ3n) is 3.08. The van der Waals surface area contributed by atoms with Gasteiger partial charge in [0.1, 0.15) is 11.6 Å². The monoisotopic (exact) mass is 318 g/mol. The summed E-state index contributed by atoms with van der Waals surface area (Å²) in [6, 6.07) is 12.8. The van der Waals surface area contributed by atoms with Gasteiger partial charge in [0.25, 0.3) is 0 Å². The Bertz CT molecular complexity index is 721. The molecule has 19 heavy (non-hydrogen) atoms. The second-order valence-electron chi connectivity index (χ2n) is 4.44. The van der Waals surface area contributed by atoms with E-state index in [4.69, 9.17) is 0 Å². The highest BCUT2D eigenvalue weighted by Crippen LogP contribution is 2.18. The van der Waals surface area contributed by atoms with E-state index in [1.165, 1.54) is 6.07 Å². The average Bonchev–Trinajstić information content (AvgIpc) is 2.79. The van der Waals surface area contributed by atoms with E-state index < -0.39 is 0 Å². The minimum Gasteiger partial charge on any atom is -0.342 e. The SMILES string of the molecule is Fc1ccccc1CCc1nc2ccc(Br)cc2[nH]1. The van der Waals surface area contributed by atoms with E-state index in [2.05, 4.69) is 25.9 Å². The van der Waals surface area contributed by atoms with Crippen molar-refractivity contribution in [1.29, 1.82) is 0 Å². The number of fused-ring (bicyclic) bond motifs is 1. The van der Waals surface area contributed by atoms with E-state index in [-0.39, 0.29) is 5.82 Å². The fourth-order valence-corrected chi connectivity index (χ4v) is 2.47. The highest BCUT2D eigenvalue weighted by molar-refractivity contribution is 9.10. The van der Waals surface area contributed by atoms with Crippen molar-refractivity contribution in [2.75, 3.05) is 0 Å². The van der Waals surface area contributed by atoms with E-state index >= 15 is 0 Å². The van der Waals surface area contributed by atoms with Gasteiger partial charge in [0.2, 0.25) is 0 Å². The lowest BCUT2D eigenvalue weighted by Gasteiger charge is -2.00. The summed E-state index contributed by atoms with van der Waals surface area (Å²) >= 11 is 3.43. The third-order valence-corrected chi connectivity index (χ3v) is 3.58. The number of nitrogens with one attached hydrogen (secondary N) is 1. The van der Waals surface area contributed by atoms with Crippen LogP contribution in [0.15, 0.2) is 46.9 Å². The number of H-pyrrole nitrogens is 1. The molecular formula is C15H12BrFN2. The average molecular weight is 319 g/mol. The molecule has 0 spiro atoms. The summed E-state index contributed by atoms with van der Waals surface area (Å²) in [5.41, 5.74) is 2.66. The Morgan fingerprint density at radius 1 is 1.11 bits per heavy atom. The molecule has 96 valence electrons. The van der Waals surface area contributed by atoms with E-state index in [0.29, 0.717) is 12.8 Å². The second-order valence-corrected chi connectivity index (χ2v) is 5.35. The van der Waals surface area contributed by atoms with Crippen LogP contribution in [0.3, 0.4) is 0 Å². The van der Waals surface area contributed by atoms with Crippen molar-refractivity contribution in [2.24, 2.45) is 0 Å². The van der Waals surface area contributed by atoms with Gasteiger partial charge in [0.05, 0.1) is 11.0 Å². The molecule has 1 N–H and O–H groups in total. The Hall–Kier alpha value is -1.68. The van der Waals surface area contributed by atoms with Crippen molar-refractivity contribution in [3.63, 3.8) is 0 Å². The molecule has 0 saturated heterocycles. The molecule has 0 fully saturated rings. The number of aryl methyl sites for hydroxylation is 2. The van der Waals surface area contributed by atoms with Crippen LogP contribution in [-0.2, 0) is 12.8 Å². The highest BCUT2D eigenvalue weighted by Gasteiger charge is 2.05. The van der Waals surface area contributed by atoms with Crippen molar-refractivity contribution in [2.45, 2.75) is 12.8 Å². The maximum Gasteiger partial charge on any atom is 0.126 e. The number of aromatic nitrogens is 2. The molecule has 0 aliphatic carbocycles. The van der Waals surface area contributed by atoms with E-state index in [0.717, 1.165) is 26.9 Å². The first-order chi connectivity index (χ1) is 9.22. The standard InChI is InChI=1S/C15H12BrFN2/c16-11-6-7-13-14(9-11)19-15(18-13)8-5-10-3-1-2-4-12(10)17/h1-4,6-7,9H,5,8H2,(H,18,19). The Kier molecular flexibility index (Phi) is 3.34. The van der Waals surface area contributed by atoms with Gasteiger partial charge in [-0.25, -0.2) is 9.37 Å². The van der Waals surface area contributed by atoms with Crippen molar-refractivity contribution < 1.29 is 4.39 Å². The molecule has 3 aromatic rings. The largest absolute Gasteiger partial charge is 0.342 e. The van der Waals surface area contributed by atoms with Gasteiger partial charge < -0.3 is 4.98 Å². The lowest BCUT2D eigenvalue weighted by Crippen LogP contribution is -1.95. The van der Waals surface area contributed by atoms with E-state index in [1.807, 2.05) is 30.3 Å². The molecule has 2 aromatic carbocycles. The first kappa shape index (κ1) is 12.4. The number of hydrogen-bond donors (Lipinski definition) is 1. The summed E-state index contributed by atoms with van der Waals surface area (Å²) in [7, 11) is 0. The summed E-state index contributed by atoms with van der Waals surface area (Å²) < 4.78 is 14.5. The van der Waals surface area contributed by atoms with Crippen LogP contribution in [0.25, 0.3) is 11.0 Å². The van der Waals surface area contributed by atoms with Crippen LogP contribution < -0.4 is 0 Å². The maximum absolute atomic E-state index is 13.5. The minimum atomic E-state index is -0.152. The third kappa shape index (κ3) is 2.68. The molecule has 3 rings (SSSR count). The predicted octanol–water partition coefficient (Wildman–Crippen LogP) is 4.25. The summed E-state index contributed by atoms with van der Waals surface area (Å²) in [4.78, 5) is 7.76. The fraction of sp³-hybridized carbons (Fsp3) is 0.133. The Balaban J connectivity index is 1.80. The van der Waals surface area contributed by atoms with Crippen LogP contribution in [-0.4, -0.2) is 9.97 Å². The zero-order valence-corrected chi connectivity index (χ0v) is 11.7. The lowest BCUT2D eigenvalue weighted by atomic mass is 10.1. The van der Waals surface area contributed by atoms with E-state index in [9.17, 15) is 4.39 Å². The Morgan fingerprint density at radius 3 is 2.79 bits per heavy atom. The van der Waals surface area contributed by atoms with Gasteiger partial charge in [0, 0.05) is 10.9 Å². The van der Waals surface area contributed by atoms with Gasteiger partial charge in [-0.3, -0.25) is 0 Å². The number of benzene rings is 2. The molecule has 0 saturated carbocycles. The number of hydrogen-bond acceptors (Lipinski definition) is 1. The summed E-state index contributed by atoms with van der Waals surface area (Å²) in [6.45, 7) is 0. The minimum absolute atomic E-state index is 0.152. The molecule has 0 unspecified atom stereocenters. The molecule has 0 atom stereocenters. The van der Waals surface area contributed by atoms with Gasteiger partial charge in [-0.15, -0.1) is 0 Å². The molecule has 1 aromatic heterocycles. The molecule has 2 nitrogen and oxygen atoms in total. The Labute approximate surface area is 118 Å². The molecule has 4 heteroatoms. The van der Waals surface area contributed by atoms with Crippen LogP contribution in [0.5, 0.6) is 0 Å². The van der Waals surface area contributed by atoms with Gasteiger partial charge in [-0.1, -0.05) is 34.1 Å². The first-order valence-electron chi connectivity index (χ1n) is 6.10. The van der Waals surface area contributed by atoms with Crippen LogP contribution in [0.1, 0.15) is 11.4 Å². The molecular weight excluding hydrogens is 307 g/mol. The fourth-order valence-electron chi connectivity index (χ4n) is 2.11. The normalized spacial score (nSPS) is 11.1. The molecule has 0 aliphatic rings. The van der Waals surface area contributed by atoms with Crippen molar-refractivity contribution >= 4 is 27.0 Å². The quantitative estimate of drug-likeness (QED) is 0.768. The highest BCUT2D eigenvalue weighted by atomic mass is 79.9. The van der Waals surface area contributed by atoms with Gasteiger partial charge in [-0.2, -0.15) is 0 Å². The van der Waals surface area contributed by atoms with Crippen LogP contribution in [0.2, 0.25) is 0 Å². The molecule has 0 bridgehead atoms. The molecule has 0 amide bonds. The molecule has 0 aliphatic heterocycles. The Morgan fingerprint density at radius 2 is 1.95 bits per heavy atom. The van der Waals surface area contributed by atoms with Crippen molar-refractivity contribution in [3.8, 4) is 0 Å². The summed E-state index contributed by atoms with van der Waals surface area (Å²) in [6.07, 6.45) is 1.35. The summed E-state index contributed by atoms with van der Waals surface area (Å²) in [5.74, 6) is 0.734. The van der Waals surface area contributed by atoms with Crippen LogP contribution in [0, 0.1) is 5.82 Å². The zero-order chi connectivity index (χ0) is 13.2. The maximum atomic E-state index is 13.5. The number of imidazole rings is 1. The zero-order valence-electron chi connectivity index (χ0n) is 10.2. The molecule has 1 heterocycles. The predicted molar refractivity (Wildman–Crippen MR) is 77.6 cm³/mol. The van der Waals surface area contributed by atoms with Crippen molar-refractivity contribution in [3.05, 3.63) is 64.1 Å². The van der Waals surface area contributed by atoms with Crippen LogP contribution >= 0.6 is 15.9 Å². The second kappa shape index (κ2) is 5.13. The smallest absolute Gasteiger partial charge is 0.126 e. The van der Waals surface area contributed by atoms with Crippen LogP contribution in [0.4, 0.5) is 4.39 Å². The molecule has 0 radical (unpaired) electrons. The van der Waals surface area contributed by atoms with Gasteiger partial charge >= 0.3 is 0 Å². The van der Waals surface area contributed by atoms with Gasteiger partial charge in [0.15, 0.2) is 0 Å². The number of aromatic amines is 1. The van der Waals surface area contributed by atoms with Gasteiger partial charge in [-0.05, 0) is 36.2 Å². The lowest BCUT2D eigenvalue weighted by molar-refractivity contribution is 0.607. The number of nitrogens with zero attached hydrogens (tertiary/aromatic N) is 1. The van der Waals surface area contributed by atoms with Crippen molar-refractivity contribution in [1.82, 2.24) is 9.97 Å². The summed E-state index contributed by atoms with van der Waals surface area (Å²) in [5, 5.41) is 0. The number of halogens is 2. The number of rotatable bonds is 3. The topological polar surface area (TPSA) is 28.7 Å².